The minimum absolute atomic E-state index is 0. The second kappa shape index (κ2) is 9.11. The van der Waals surface area contributed by atoms with E-state index in [0.717, 1.165) is 17.8 Å². The number of nitrogens with one attached hydrogen (secondary N) is 1. The van der Waals surface area contributed by atoms with Gasteiger partial charge in [-0.05, 0) is 31.2 Å². The lowest BCUT2D eigenvalue weighted by Crippen LogP contribution is -2.51. The highest BCUT2D eigenvalue weighted by molar-refractivity contribution is 6.00. The number of carbonyl (C=O) groups is 1. The second-order valence-corrected chi connectivity index (χ2v) is 6.98. The molecule has 0 aliphatic carbocycles. The van der Waals surface area contributed by atoms with Crippen LogP contribution >= 0.6 is 12.4 Å². The maximum atomic E-state index is 13.4. The fourth-order valence-corrected chi connectivity index (χ4v) is 3.57. The summed E-state index contributed by atoms with van der Waals surface area (Å²) in [5.74, 6) is 0.694. The van der Waals surface area contributed by atoms with E-state index in [0.29, 0.717) is 30.1 Å². The van der Waals surface area contributed by atoms with Crippen molar-refractivity contribution in [3.63, 3.8) is 0 Å². The Kier molecular flexibility index (Phi) is 6.56. The van der Waals surface area contributed by atoms with Crippen molar-refractivity contribution in [1.82, 2.24) is 20.0 Å². The van der Waals surface area contributed by atoms with Crippen LogP contribution < -0.4 is 10.1 Å². The maximum absolute atomic E-state index is 13.4. The average Bonchev–Trinajstić information content (AvgIpc) is 3.19. The van der Waals surface area contributed by atoms with Crippen LogP contribution in [0.4, 0.5) is 0 Å². The zero-order chi connectivity index (χ0) is 19.5. The molecule has 1 fully saturated rings. The molecule has 152 valence electrons. The number of carbonyl (C=O) groups excluding carboxylic acids is 1. The smallest absolute Gasteiger partial charge is 0.257 e. The van der Waals surface area contributed by atoms with Crippen molar-refractivity contribution in [3.05, 3.63) is 66.4 Å². The molecule has 1 amide bonds. The maximum Gasteiger partial charge on any atom is 0.257 e. The number of benzene rings is 2. The first kappa shape index (κ1) is 20.9. The summed E-state index contributed by atoms with van der Waals surface area (Å²) in [6.45, 7) is 4.25. The topological polar surface area (TPSA) is 59.4 Å². The van der Waals surface area contributed by atoms with Gasteiger partial charge in [0, 0.05) is 37.4 Å². The van der Waals surface area contributed by atoms with E-state index < -0.39 is 0 Å². The van der Waals surface area contributed by atoms with Crippen LogP contribution in [0.25, 0.3) is 16.9 Å². The molecule has 0 radical (unpaired) electrons. The Labute approximate surface area is 176 Å². The van der Waals surface area contributed by atoms with Crippen LogP contribution in [0.3, 0.4) is 0 Å². The number of amides is 1. The molecule has 6 nitrogen and oxygen atoms in total. The van der Waals surface area contributed by atoms with Crippen LogP contribution in [0.5, 0.6) is 5.75 Å². The first-order valence-corrected chi connectivity index (χ1v) is 9.48. The van der Waals surface area contributed by atoms with Gasteiger partial charge >= 0.3 is 0 Å². The molecule has 2 heterocycles. The molecule has 2 aromatic carbocycles. The van der Waals surface area contributed by atoms with Gasteiger partial charge in [0.25, 0.3) is 5.91 Å². The summed E-state index contributed by atoms with van der Waals surface area (Å²) in [4.78, 5) is 15.3. The van der Waals surface area contributed by atoms with Gasteiger partial charge < -0.3 is 15.0 Å². The second-order valence-electron chi connectivity index (χ2n) is 6.98. The lowest BCUT2D eigenvalue weighted by atomic mass is 10.1. The molecular formula is C22H25ClN4O2. The van der Waals surface area contributed by atoms with Gasteiger partial charge in [-0.15, -0.1) is 12.4 Å². The van der Waals surface area contributed by atoms with E-state index in [4.69, 9.17) is 9.84 Å². The Bertz CT molecular complexity index is 974. The molecule has 1 atom stereocenters. The third-order valence-corrected chi connectivity index (χ3v) is 4.98. The van der Waals surface area contributed by atoms with Gasteiger partial charge in [0.1, 0.15) is 11.4 Å². The quantitative estimate of drug-likeness (QED) is 0.713. The van der Waals surface area contributed by atoms with E-state index in [1.165, 1.54) is 0 Å². The molecule has 0 saturated carbocycles. The summed E-state index contributed by atoms with van der Waals surface area (Å²) >= 11 is 0. The largest absolute Gasteiger partial charge is 0.496 e. The molecule has 1 N–H and O–H groups in total. The molecule has 1 aliphatic heterocycles. The van der Waals surface area contributed by atoms with Crippen molar-refractivity contribution in [2.24, 2.45) is 0 Å². The number of piperazine rings is 1. The first-order valence-electron chi connectivity index (χ1n) is 9.48. The number of rotatable bonds is 4. The van der Waals surface area contributed by atoms with E-state index >= 15 is 0 Å². The van der Waals surface area contributed by atoms with Crippen LogP contribution in [0.15, 0.2) is 60.8 Å². The molecule has 29 heavy (non-hydrogen) atoms. The Morgan fingerprint density at radius 3 is 2.59 bits per heavy atom. The highest BCUT2D eigenvalue weighted by Crippen LogP contribution is 2.32. The zero-order valence-corrected chi connectivity index (χ0v) is 17.4. The van der Waals surface area contributed by atoms with Crippen molar-refractivity contribution in [2.45, 2.75) is 13.0 Å². The van der Waals surface area contributed by atoms with E-state index in [-0.39, 0.29) is 24.4 Å². The van der Waals surface area contributed by atoms with Crippen LogP contribution in [-0.2, 0) is 0 Å². The number of para-hydroxylation sites is 2. The predicted molar refractivity (Wildman–Crippen MR) is 116 cm³/mol. The third-order valence-electron chi connectivity index (χ3n) is 4.98. The molecule has 0 bridgehead atoms. The number of hydrogen-bond acceptors (Lipinski definition) is 4. The van der Waals surface area contributed by atoms with Crippen molar-refractivity contribution < 1.29 is 9.53 Å². The minimum Gasteiger partial charge on any atom is -0.496 e. The standard InChI is InChI=1S/C22H24N4O2.ClH/c1-16-14-25(13-12-23-16)22(27)19-15-26(17-8-4-3-5-9-17)24-21(19)18-10-6-7-11-20(18)28-2;/h3-11,15-16,23H,12-14H2,1-2H3;1H. The zero-order valence-electron chi connectivity index (χ0n) is 16.5. The Morgan fingerprint density at radius 1 is 1.14 bits per heavy atom. The van der Waals surface area contributed by atoms with Crippen LogP contribution in [0.2, 0.25) is 0 Å². The van der Waals surface area contributed by atoms with E-state index in [9.17, 15) is 4.79 Å². The highest BCUT2D eigenvalue weighted by atomic mass is 35.5. The number of hydrogen-bond donors (Lipinski definition) is 1. The molecule has 0 spiro atoms. The van der Waals surface area contributed by atoms with Gasteiger partial charge in [-0.1, -0.05) is 30.3 Å². The van der Waals surface area contributed by atoms with Crippen molar-refractivity contribution >= 4 is 18.3 Å². The summed E-state index contributed by atoms with van der Waals surface area (Å²) in [6.07, 6.45) is 1.83. The lowest BCUT2D eigenvalue weighted by Gasteiger charge is -2.31. The van der Waals surface area contributed by atoms with E-state index in [1.54, 1.807) is 11.8 Å². The van der Waals surface area contributed by atoms with Gasteiger partial charge in [-0.3, -0.25) is 4.79 Å². The molecular weight excluding hydrogens is 388 g/mol. The highest BCUT2D eigenvalue weighted by Gasteiger charge is 2.27. The summed E-state index contributed by atoms with van der Waals surface area (Å²) < 4.78 is 7.29. The minimum atomic E-state index is -0.00330. The van der Waals surface area contributed by atoms with E-state index in [2.05, 4.69) is 12.2 Å². The molecule has 4 rings (SSSR count). The number of methoxy groups -OCH3 is 1. The van der Waals surface area contributed by atoms with Gasteiger partial charge in [-0.2, -0.15) is 5.10 Å². The summed E-state index contributed by atoms with van der Waals surface area (Å²) in [7, 11) is 1.63. The molecule has 3 aromatic rings. The monoisotopic (exact) mass is 412 g/mol. The van der Waals surface area contributed by atoms with Crippen molar-refractivity contribution in [1.29, 1.82) is 0 Å². The van der Waals surface area contributed by atoms with Crippen molar-refractivity contribution in [3.8, 4) is 22.7 Å². The molecule has 1 aliphatic rings. The Balaban J connectivity index is 0.00000240. The predicted octanol–water partition coefficient (Wildman–Crippen LogP) is 3.40. The molecule has 1 aromatic heterocycles. The normalized spacial score (nSPS) is 16.2. The lowest BCUT2D eigenvalue weighted by molar-refractivity contribution is 0.0710. The van der Waals surface area contributed by atoms with Crippen molar-refractivity contribution in [2.75, 3.05) is 26.7 Å². The van der Waals surface area contributed by atoms with E-state index in [1.807, 2.05) is 65.7 Å². The summed E-state index contributed by atoms with van der Waals surface area (Å²) in [5, 5.41) is 8.15. The Hall–Kier alpha value is -2.83. The van der Waals surface area contributed by atoms with Gasteiger partial charge in [0.05, 0.1) is 18.4 Å². The van der Waals surface area contributed by atoms with Crippen LogP contribution in [0, 0.1) is 0 Å². The fraction of sp³-hybridized carbons (Fsp3) is 0.273. The average molecular weight is 413 g/mol. The van der Waals surface area contributed by atoms with Gasteiger partial charge in [0.2, 0.25) is 0 Å². The molecule has 7 heteroatoms. The number of nitrogens with zero attached hydrogens (tertiary/aromatic N) is 3. The van der Waals surface area contributed by atoms with Gasteiger partial charge in [-0.25, -0.2) is 4.68 Å². The van der Waals surface area contributed by atoms with Crippen LogP contribution in [-0.4, -0.2) is 53.4 Å². The summed E-state index contributed by atoms with van der Waals surface area (Å²) in [5.41, 5.74) is 2.94. The number of aromatic nitrogens is 2. The van der Waals surface area contributed by atoms with Crippen LogP contribution in [0.1, 0.15) is 17.3 Å². The molecule has 1 unspecified atom stereocenters. The fourth-order valence-electron chi connectivity index (χ4n) is 3.57. The number of halogens is 1. The summed E-state index contributed by atoms with van der Waals surface area (Å²) in [6, 6.07) is 17.8. The Morgan fingerprint density at radius 2 is 1.86 bits per heavy atom. The number of ether oxygens (including phenoxy) is 1. The SMILES string of the molecule is COc1ccccc1-c1nn(-c2ccccc2)cc1C(=O)N1CCNC(C)C1.Cl. The van der Waals surface area contributed by atoms with Gasteiger partial charge in [0.15, 0.2) is 0 Å². The molecule has 1 saturated heterocycles. The first-order chi connectivity index (χ1) is 13.7. The third kappa shape index (κ3) is 4.28.